The van der Waals surface area contributed by atoms with Crippen molar-refractivity contribution in [3.63, 3.8) is 0 Å². The van der Waals surface area contributed by atoms with E-state index in [1.54, 1.807) is 18.2 Å². The van der Waals surface area contributed by atoms with Gasteiger partial charge in [0.1, 0.15) is 0 Å². The Kier molecular flexibility index (Phi) is 1.91. The molecule has 1 atom stereocenters. The van der Waals surface area contributed by atoms with Crippen molar-refractivity contribution in [1.29, 1.82) is 0 Å². The van der Waals surface area contributed by atoms with Gasteiger partial charge in [0, 0.05) is 5.56 Å². The molecule has 0 saturated carbocycles. The summed E-state index contributed by atoms with van der Waals surface area (Å²) in [6.45, 7) is 0.157. The molecule has 17 heavy (non-hydrogen) atoms. The summed E-state index contributed by atoms with van der Waals surface area (Å²) in [7, 11) is 0. The Bertz CT molecular complexity index is 537. The average Bonchev–Trinajstić information content (AvgIpc) is 2.89. The number of ketones is 1. The highest BCUT2D eigenvalue weighted by Crippen LogP contribution is 2.37. The van der Waals surface area contributed by atoms with Crippen LogP contribution in [0, 0.1) is 0 Å². The van der Waals surface area contributed by atoms with Crippen LogP contribution in [-0.2, 0) is 9.53 Å². The maximum atomic E-state index is 11.6. The predicted octanol–water partition coefficient (Wildman–Crippen LogP) is 0.742. The number of hydrogen-bond donors (Lipinski definition) is 2. The number of benzene rings is 1. The molecule has 1 aromatic carbocycles. The van der Waals surface area contributed by atoms with Crippen LogP contribution in [0.15, 0.2) is 29.8 Å². The third-order valence-corrected chi connectivity index (χ3v) is 2.65. The molecule has 6 heteroatoms. The smallest absolute Gasteiger partial charge is 0.247 e. The van der Waals surface area contributed by atoms with Gasteiger partial charge in [-0.15, -0.1) is 0 Å². The fourth-order valence-electron chi connectivity index (χ4n) is 1.78. The second-order valence-electron chi connectivity index (χ2n) is 3.69. The number of carbonyl (C=O) groups is 1. The molecule has 0 saturated heterocycles. The molecule has 0 bridgehead atoms. The molecule has 0 aliphatic carbocycles. The third kappa shape index (κ3) is 1.37. The van der Waals surface area contributed by atoms with Gasteiger partial charge in [-0.3, -0.25) is 4.79 Å². The van der Waals surface area contributed by atoms with Crippen LogP contribution in [-0.4, -0.2) is 17.7 Å². The van der Waals surface area contributed by atoms with Crippen molar-refractivity contribution >= 4 is 5.78 Å². The molecule has 0 unspecified atom stereocenters. The Morgan fingerprint density at radius 3 is 2.76 bits per heavy atom. The van der Waals surface area contributed by atoms with E-state index < -0.39 is 17.6 Å². The number of hydrogen-bond acceptors (Lipinski definition) is 6. The van der Waals surface area contributed by atoms with Crippen LogP contribution < -0.4 is 15.2 Å². The van der Waals surface area contributed by atoms with E-state index in [2.05, 4.69) is 0 Å². The molecule has 2 heterocycles. The highest BCUT2D eigenvalue weighted by molar-refractivity contribution is 5.99. The van der Waals surface area contributed by atoms with Crippen molar-refractivity contribution < 1.29 is 24.1 Å². The first-order valence-electron chi connectivity index (χ1n) is 4.96. The average molecular weight is 235 g/mol. The number of fused-ring (bicyclic) bond motifs is 1. The van der Waals surface area contributed by atoms with Gasteiger partial charge in [-0.05, 0) is 12.1 Å². The Morgan fingerprint density at radius 2 is 2.06 bits per heavy atom. The SMILES string of the molecule is NC1=C(O)C(=O)[C@H](c2ccc3c(c2)OCO3)O1. The lowest BCUT2D eigenvalue weighted by Crippen LogP contribution is -2.09. The molecular weight excluding hydrogens is 226 g/mol. The molecular formula is C11H9NO5. The summed E-state index contributed by atoms with van der Waals surface area (Å²) in [5.74, 6) is -0.181. The van der Waals surface area contributed by atoms with E-state index >= 15 is 0 Å². The number of Topliss-reactive ketones (excluding diaryl/α,β-unsaturated/α-hetero) is 1. The van der Waals surface area contributed by atoms with Gasteiger partial charge >= 0.3 is 0 Å². The van der Waals surface area contributed by atoms with Gasteiger partial charge in [0.05, 0.1) is 0 Å². The standard InChI is InChI=1S/C11H9NO5/c12-11-9(14)8(13)10(17-11)5-1-2-6-7(3-5)16-4-15-6/h1-3,10,14H,4,12H2/t10-/m0/s1. The lowest BCUT2D eigenvalue weighted by molar-refractivity contribution is -0.123. The predicted molar refractivity (Wildman–Crippen MR) is 55.2 cm³/mol. The second-order valence-corrected chi connectivity index (χ2v) is 3.69. The topological polar surface area (TPSA) is 91.0 Å². The van der Waals surface area contributed by atoms with Crippen molar-refractivity contribution in [3.8, 4) is 11.5 Å². The van der Waals surface area contributed by atoms with E-state index in [-0.39, 0.29) is 12.7 Å². The molecule has 0 spiro atoms. The molecule has 0 aromatic heterocycles. The fraction of sp³-hybridized carbons (Fsp3) is 0.182. The minimum atomic E-state index is -0.913. The molecule has 6 nitrogen and oxygen atoms in total. The number of aliphatic hydroxyl groups excluding tert-OH is 1. The Balaban J connectivity index is 1.94. The Hall–Kier alpha value is -2.37. The lowest BCUT2D eigenvalue weighted by Gasteiger charge is -2.10. The minimum Gasteiger partial charge on any atom is -0.501 e. The van der Waals surface area contributed by atoms with Gasteiger partial charge in [-0.1, -0.05) is 6.07 Å². The maximum absolute atomic E-state index is 11.6. The van der Waals surface area contributed by atoms with E-state index in [0.29, 0.717) is 17.1 Å². The van der Waals surface area contributed by atoms with Crippen molar-refractivity contribution in [2.75, 3.05) is 6.79 Å². The molecule has 2 aliphatic rings. The summed E-state index contributed by atoms with van der Waals surface area (Å²) < 4.78 is 15.4. The van der Waals surface area contributed by atoms with Crippen LogP contribution in [0.2, 0.25) is 0 Å². The molecule has 3 N–H and O–H groups in total. The summed E-state index contributed by atoms with van der Waals surface area (Å²) in [5.41, 5.74) is 5.90. The Labute approximate surface area is 96.2 Å². The molecule has 0 amide bonds. The van der Waals surface area contributed by atoms with E-state index in [9.17, 15) is 9.90 Å². The second kappa shape index (κ2) is 3.31. The number of nitrogens with two attached hydrogens (primary N) is 1. The van der Waals surface area contributed by atoms with Crippen LogP contribution in [0.25, 0.3) is 0 Å². The van der Waals surface area contributed by atoms with Gasteiger partial charge in [0.2, 0.25) is 24.2 Å². The van der Waals surface area contributed by atoms with Crippen LogP contribution in [0.5, 0.6) is 11.5 Å². The molecule has 0 radical (unpaired) electrons. The highest BCUT2D eigenvalue weighted by atomic mass is 16.7. The van der Waals surface area contributed by atoms with Gasteiger partial charge in [0.25, 0.3) is 0 Å². The summed E-state index contributed by atoms with van der Waals surface area (Å²) in [6, 6.07) is 4.98. The number of ether oxygens (including phenoxy) is 3. The van der Waals surface area contributed by atoms with E-state index in [1.165, 1.54) is 0 Å². The van der Waals surface area contributed by atoms with Gasteiger partial charge in [-0.2, -0.15) is 0 Å². The largest absolute Gasteiger partial charge is 0.501 e. The van der Waals surface area contributed by atoms with Crippen molar-refractivity contribution in [1.82, 2.24) is 0 Å². The Morgan fingerprint density at radius 1 is 1.29 bits per heavy atom. The number of carbonyl (C=O) groups excluding carboxylic acids is 1. The van der Waals surface area contributed by atoms with Crippen LogP contribution in [0.4, 0.5) is 0 Å². The highest BCUT2D eigenvalue weighted by Gasteiger charge is 2.36. The summed E-state index contributed by atoms with van der Waals surface area (Å²) >= 11 is 0. The quantitative estimate of drug-likeness (QED) is 0.746. The molecule has 88 valence electrons. The van der Waals surface area contributed by atoms with E-state index in [1.807, 2.05) is 0 Å². The molecule has 2 aliphatic heterocycles. The number of aliphatic hydroxyl groups is 1. The minimum absolute atomic E-state index is 0.157. The molecule has 3 rings (SSSR count). The first-order valence-corrected chi connectivity index (χ1v) is 4.96. The van der Waals surface area contributed by atoms with Gasteiger partial charge in [0.15, 0.2) is 17.6 Å². The zero-order chi connectivity index (χ0) is 12.0. The summed E-state index contributed by atoms with van der Waals surface area (Å²) in [5, 5.41) is 9.32. The summed E-state index contributed by atoms with van der Waals surface area (Å²) in [4.78, 5) is 11.6. The van der Waals surface area contributed by atoms with Crippen molar-refractivity contribution in [3.05, 3.63) is 35.4 Å². The lowest BCUT2D eigenvalue weighted by atomic mass is 10.1. The van der Waals surface area contributed by atoms with Crippen LogP contribution in [0.1, 0.15) is 11.7 Å². The third-order valence-electron chi connectivity index (χ3n) is 2.65. The zero-order valence-electron chi connectivity index (χ0n) is 8.67. The van der Waals surface area contributed by atoms with Crippen LogP contribution >= 0.6 is 0 Å². The first kappa shape index (κ1) is 9.83. The normalized spacial score (nSPS) is 21.9. The van der Waals surface area contributed by atoms with E-state index in [4.69, 9.17) is 19.9 Å². The van der Waals surface area contributed by atoms with E-state index in [0.717, 1.165) is 0 Å². The van der Waals surface area contributed by atoms with Crippen molar-refractivity contribution in [2.45, 2.75) is 6.10 Å². The fourth-order valence-corrected chi connectivity index (χ4v) is 1.78. The monoisotopic (exact) mass is 235 g/mol. The number of rotatable bonds is 1. The maximum Gasteiger partial charge on any atom is 0.247 e. The summed E-state index contributed by atoms with van der Waals surface area (Å²) in [6.07, 6.45) is -0.913. The van der Waals surface area contributed by atoms with Gasteiger partial charge < -0.3 is 25.1 Å². The first-order chi connectivity index (χ1) is 8.16. The van der Waals surface area contributed by atoms with Crippen molar-refractivity contribution in [2.24, 2.45) is 5.73 Å². The molecule has 1 aromatic rings. The van der Waals surface area contributed by atoms with Gasteiger partial charge in [-0.25, -0.2) is 0 Å². The zero-order valence-corrected chi connectivity index (χ0v) is 8.67. The van der Waals surface area contributed by atoms with Crippen LogP contribution in [0.3, 0.4) is 0 Å². The molecule has 0 fully saturated rings.